The van der Waals surface area contributed by atoms with Gasteiger partial charge in [-0.05, 0) is 39.4 Å². The molecule has 7 heteroatoms. The van der Waals surface area contributed by atoms with Crippen molar-refractivity contribution in [3.8, 4) is 0 Å². The van der Waals surface area contributed by atoms with E-state index in [9.17, 15) is 0 Å². The number of rotatable bonds is 10. The van der Waals surface area contributed by atoms with E-state index >= 15 is 0 Å². The van der Waals surface area contributed by atoms with Gasteiger partial charge in [0.2, 0.25) is 0 Å². The first-order valence-electron chi connectivity index (χ1n) is 6.27. The van der Waals surface area contributed by atoms with E-state index in [0.29, 0.717) is 24.9 Å². The molecule has 0 unspecified atom stereocenters. The third-order valence-electron chi connectivity index (χ3n) is 1.94. The van der Waals surface area contributed by atoms with Crippen LogP contribution in [0.2, 0.25) is 0 Å². The Hall–Kier alpha value is 0.987. The van der Waals surface area contributed by atoms with Gasteiger partial charge in [-0.15, -0.1) is 0 Å². The van der Waals surface area contributed by atoms with Crippen molar-refractivity contribution >= 4 is 55.9 Å². The van der Waals surface area contributed by atoms with Crippen LogP contribution in [0.1, 0.15) is 47.0 Å². The van der Waals surface area contributed by atoms with Gasteiger partial charge < -0.3 is 17.7 Å². The molecule has 0 aliphatic carbocycles. The molecule has 1 radical (unpaired) electrons. The summed E-state index contributed by atoms with van der Waals surface area (Å²) in [6.45, 7) is 9.24. The second-order valence-electron chi connectivity index (χ2n) is 3.38. The summed E-state index contributed by atoms with van der Waals surface area (Å²) < 4.78 is 22.3. The van der Waals surface area contributed by atoms with Crippen molar-refractivity contribution in [1.82, 2.24) is 0 Å². The molecule has 0 fully saturated rings. The van der Waals surface area contributed by atoms with E-state index in [0.717, 1.165) is 19.3 Å². The SMILES string of the molecule is CCCCC(=S)O[Si](OCC)(OCC)OCC.[Na]. The molecule has 0 aromatic heterocycles. The summed E-state index contributed by atoms with van der Waals surface area (Å²) in [6.07, 6.45) is 2.83. The summed E-state index contributed by atoms with van der Waals surface area (Å²) in [5, 5.41) is 0.522. The van der Waals surface area contributed by atoms with Crippen molar-refractivity contribution in [1.29, 1.82) is 0 Å². The Morgan fingerprint density at radius 3 is 1.72 bits per heavy atom. The number of hydrogen-bond donors (Lipinski definition) is 0. The average Bonchev–Trinajstić information content (AvgIpc) is 2.27. The molecule has 18 heavy (non-hydrogen) atoms. The fourth-order valence-electron chi connectivity index (χ4n) is 1.26. The Morgan fingerprint density at radius 1 is 0.944 bits per heavy atom. The van der Waals surface area contributed by atoms with Gasteiger partial charge in [-0.25, -0.2) is 0 Å². The largest absolute Gasteiger partial charge is 0.750 e. The predicted octanol–water partition coefficient (Wildman–Crippen LogP) is 2.68. The third-order valence-corrected chi connectivity index (χ3v) is 4.80. The first kappa shape index (κ1) is 21.3. The standard InChI is InChI=1S/C11H24O4SSi.Na/c1-5-9-10-11(16)15-17(12-6-2,13-7-3)14-8-4;/h5-10H2,1-4H3;. The molecule has 0 N–H and O–H groups in total. The van der Waals surface area contributed by atoms with E-state index in [2.05, 4.69) is 6.92 Å². The minimum atomic E-state index is -3.05. The van der Waals surface area contributed by atoms with Gasteiger partial charge in [0, 0.05) is 55.8 Å². The van der Waals surface area contributed by atoms with Crippen molar-refractivity contribution in [3.05, 3.63) is 0 Å². The minimum absolute atomic E-state index is 0. The molecular formula is C11H24NaO4SSi. The molecule has 0 bridgehead atoms. The molecule has 4 nitrogen and oxygen atoms in total. The Labute approximate surface area is 139 Å². The molecule has 0 aliphatic rings. The van der Waals surface area contributed by atoms with Crippen LogP contribution in [-0.2, 0) is 17.7 Å². The first-order chi connectivity index (χ1) is 8.14. The molecule has 103 valence electrons. The van der Waals surface area contributed by atoms with E-state index in [1.165, 1.54) is 0 Å². The summed E-state index contributed by atoms with van der Waals surface area (Å²) in [6, 6.07) is 0. The molecule has 0 atom stereocenters. The maximum absolute atomic E-state index is 5.67. The van der Waals surface area contributed by atoms with E-state index in [1.54, 1.807) is 0 Å². The molecule has 0 aromatic carbocycles. The van der Waals surface area contributed by atoms with Crippen molar-refractivity contribution in [2.75, 3.05) is 19.8 Å². The molecule has 0 spiro atoms. The molecule has 0 aromatic rings. The molecule has 0 rings (SSSR count). The minimum Gasteiger partial charge on any atom is -0.474 e. The van der Waals surface area contributed by atoms with Crippen molar-refractivity contribution < 1.29 is 17.7 Å². The first-order valence-corrected chi connectivity index (χ1v) is 8.31. The Balaban J connectivity index is 0. The summed E-state index contributed by atoms with van der Waals surface area (Å²) in [5.74, 6) is 0. The van der Waals surface area contributed by atoms with Gasteiger partial charge in [0.05, 0.1) is 0 Å². The fraction of sp³-hybridized carbons (Fsp3) is 0.909. The quantitative estimate of drug-likeness (QED) is 0.458. The van der Waals surface area contributed by atoms with Crippen LogP contribution >= 0.6 is 12.2 Å². The van der Waals surface area contributed by atoms with Gasteiger partial charge in [0.1, 0.15) is 0 Å². The number of thiocarbonyl (C=S) groups is 1. The smallest absolute Gasteiger partial charge is 0.474 e. The van der Waals surface area contributed by atoms with Gasteiger partial charge in [-0.3, -0.25) is 0 Å². The van der Waals surface area contributed by atoms with Gasteiger partial charge in [-0.2, -0.15) is 0 Å². The Bertz CT molecular complexity index is 202. The van der Waals surface area contributed by atoms with Gasteiger partial charge in [0.25, 0.3) is 0 Å². The zero-order chi connectivity index (χ0) is 13.1. The van der Waals surface area contributed by atoms with Crippen LogP contribution in [0.25, 0.3) is 0 Å². The predicted molar refractivity (Wildman–Crippen MR) is 79.6 cm³/mol. The van der Waals surface area contributed by atoms with E-state index in [1.807, 2.05) is 20.8 Å². The Morgan fingerprint density at radius 2 is 1.39 bits per heavy atom. The van der Waals surface area contributed by atoms with Crippen LogP contribution in [0.5, 0.6) is 0 Å². The average molecular weight is 303 g/mol. The zero-order valence-electron chi connectivity index (χ0n) is 12.3. The summed E-state index contributed by atoms with van der Waals surface area (Å²) in [7, 11) is -3.05. The summed E-state index contributed by atoms with van der Waals surface area (Å²) in [5.41, 5.74) is 0. The van der Waals surface area contributed by atoms with Crippen molar-refractivity contribution in [3.63, 3.8) is 0 Å². The van der Waals surface area contributed by atoms with Crippen molar-refractivity contribution in [2.24, 2.45) is 0 Å². The molecule has 0 heterocycles. The number of hydrogen-bond acceptors (Lipinski definition) is 5. The second kappa shape index (κ2) is 13.0. The maximum atomic E-state index is 5.67. The van der Waals surface area contributed by atoms with Crippen LogP contribution in [-0.4, -0.2) is 63.5 Å². The van der Waals surface area contributed by atoms with Gasteiger partial charge >= 0.3 is 9.05 Å². The third kappa shape index (κ3) is 8.98. The van der Waals surface area contributed by atoms with Crippen LogP contribution in [0.3, 0.4) is 0 Å². The maximum Gasteiger partial charge on any atom is 0.750 e. The van der Waals surface area contributed by atoms with Crippen LogP contribution in [0.15, 0.2) is 0 Å². The van der Waals surface area contributed by atoms with Crippen LogP contribution < -0.4 is 0 Å². The van der Waals surface area contributed by atoms with Gasteiger partial charge in [0.15, 0.2) is 5.05 Å². The molecule has 0 aliphatic heterocycles. The molecular weight excluding hydrogens is 279 g/mol. The van der Waals surface area contributed by atoms with Crippen LogP contribution in [0.4, 0.5) is 0 Å². The molecule has 0 saturated carbocycles. The topological polar surface area (TPSA) is 36.9 Å². The summed E-state index contributed by atoms with van der Waals surface area (Å²) >= 11 is 5.18. The second-order valence-corrected chi connectivity index (χ2v) is 5.90. The van der Waals surface area contributed by atoms with Crippen LogP contribution in [0, 0.1) is 0 Å². The molecule has 0 saturated heterocycles. The van der Waals surface area contributed by atoms with E-state index < -0.39 is 9.05 Å². The van der Waals surface area contributed by atoms with Gasteiger partial charge in [-0.1, -0.05) is 13.3 Å². The molecule has 0 amide bonds. The number of unbranched alkanes of at least 4 members (excludes halogenated alkanes) is 1. The van der Waals surface area contributed by atoms with E-state index in [-0.39, 0.29) is 29.6 Å². The zero-order valence-corrected chi connectivity index (χ0v) is 16.1. The fourth-order valence-corrected chi connectivity index (χ4v) is 3.57. The summed E-state index contributed by atoms with van der Waals surface area (Å²) in [4.78, 5) is 0. The monoisotopic (exact) mass is 303 g/mol. The van der Waals surface area contributed by atoms with Crippen molar-refractivity contribution in [2.45, 2.75) is 47.0 Å². The van der Waals surface area contributed by atoms with E-state index in [4.69, 9.17) is 29.9 Å². The normalized spacial score (nSPS) is 10.9. The Kier molecular flexibility index (Phi) is 15.4.